The number of carbonyl (C=O) groups excluding carboxylic acids is 2. The number of imide groups is 1. The highest BCUT2D eigenvalue weighted by atomic mass is 19.1. The van der Waals surface area contributed by atoms with Crippen LogP contribution in [-0.4, -0.2) is 29.9 Å². The average molecular weight is 354 g/mol. The van der Waals surface area contributed by atoms with Gasteiger partial charge >= 0.3 is 0 Å². The average Bonchev–Trinajstić information content (AvgIpc) is 2.86. The summed E-state index contributed by atoms with van der Waals surface area (Å²) in [5.74, 6) is -0.547. The van der Waals surface area contributed by atoms with Gasteiger partial charge in [0.15, 0.2) is 0 Å². The van der Waals surface area contributed by atoms with Crippen molar-refractivity contribution in [2.45, 2.75) is 13.8 Å². The van der Waals surface area contributed by atoms with Gasteiger partial charge in [0.1, 0.15) is 17.3 Å². The van der Waals surface area contributed by atoms with Crippen molar-refractivity contribution in [2.75, 3.05) is 18.5 Å². The second kappa shape index (κ2) is 7.39. The number of nitrogens with zero attached hydrogens (tertiary/aromatic N) is 1. The van der Waals surface area contributed by atoms with Crippen LogP contribution in [0.3, 0.4) is 0 Å². The summed E-state index contributed by atoms with van der Waals surface area (Å²) in [6, 6.07) is 12.7. The number of hydrogen-bond acceptors (Lipinski definition) is 4. The summed E-state index contributed by atoms with van der Waals surface area (Å²) in [5.41, 5.74) is 1.53. The fourth-order valence-corrected chi connectivity index (χ4v) is 2.84. The van der Waals surface area contributed by atoms with Crippen LogP contribution in [0.15, 0.2) is 54.2 Å². The van der Waals surface area contributed by atoms with E-state index in [1.807, 2.05) is 13.0 Å². The van der Waals surface area contributed by atoms with Crippen molar-refractivity contribution in [3.05, 3.63) is 65.6 Å². The van der Waals surface area contributed by atoms with E-state index in [0.29, 0.717) is 23.6 Å². The molecule has 0 bridgehead atoms. The second-order valence-corrected chi connectivity index (χ2v) is 5.70. The molecule has 1 aliphatic heterocycles. The first kappa shape index (κ1) is 17.7. The van der Waals surface area contributed by atoms with Crippen molar-refractivity contribution >= 4 is 23.1 Å². The van der Waals surface area contributed by atoms with Crippen LogP contribution in [0.1, 0.15) is 19.4 Å². The molecule has 0 atom stereocenters. The van der Waals surface area contributed by atoms with E-state index in [4.69, 9.17) is 4.74 Å². The Morgan fingerprint density at radius 1 is 1.04 bits per heavy atom. The maximum absolute atomic E-state index is 13.2. The van der Waals surface area contributed by atoms with E-state index in [0.717, 1.165) is 4.90 Å². The van der Waals surface area contributed by atoms with E-state index in [1.54, 1.807) is 25.1 Å². The van der Waals surface area contributed by atoms with Gasteiger partial charge in [0, 0.05) is 18.3 Å². The zero-order chi connectivity index (χ0) is 18.7. The predicted molar refractivity (Wildman–Crippen MR) is 96.9 cm³/mol. The summed E-state index contributed by atoms with van der Waals surface area (Å²) >= 11 is 0. The van der Waals surface area contributed by atoms with E-state index in [9.17, 15) is 14.0 Å². The third-order valence-corrected chi connectivity index (χ3v) is 4.03. The molecule has 1 aliphatic rings. The molecule has 26 heavy (non-hydrogen) atoms. The number of hydrogen-bond donors (Lipinski definition) is 1. The summed E-state index contributed by atoms with van der Waals surface area (Å²) in [6.07, 6.45) is 0. The normalized spacial score (nSPS) is 14.2. The molecule has 0 spiro atoms. The van der Waals surface area contributed by atoms with E-state index in [2.05, 4.69) is 5.32 Å². The van der Waals surface area contributed by atoms with Crippen LogP contribution in [0.4, 0.5) is 10.1 Å². The van der Waals surface area contributed by atoms with Crippen LogP contribution in [0.2, 0.25) is 0 Å². The highest BCUT2D eigenvalue weighted by molar-refractivity contribution is 6.36. The fraction of sp³-hybridized carbons (Fsp3) is 0.200. The van der Waals surface area contributed by atoms with Crippen molar-refractivity contribution < 1.29 is 18.7 Å². The third-order valence-electron chi connectivity index (χ3n) is 4.03. The highest BCUT2D eigenvalue weighted by Gasteiger charge is 2.38. The molecule has 134 valence electrons. The lowest BCUT2D eigenvalue weighted by Gasteiger charge is -2.12. The molecule has 0 saturated heterocycles. The zero-order valence-corrected chi connectivity index (χ0v) is 14.6. The number of ether oxygens (including phenoxy) is 1. The molecule has 2 aromatic carbocycles. The summed E-state index contributed by atoms with van der Waals surface area (Å²) in [5, 5.41) is 3.04. The van der Waals surface area contributed by atoms with Crippen molar-refractivity contribution in [1.82, 2.24) is 4.90 Å². The van der Waals surface area contributed by atoms with Crippen molar-refractivity contribution in [1.29, 1.82) is 0 Å². The molecule has 0 unspecified atom stereocenters. The first-order valence-corrected chi connectivity index (χ1v) is 8.41. The smallest absolute Gasteiger partial charge is 0.278 e. The molecular weight excluding hydrogens is 335 g/mol. The van der Waals surface area contributed by atoms with Gasteiger partial charge in [-0.25, -0.2) is 4.39 Å². The number of halogens is 1. The van der Waals surface area contributed by atoms with Gasteiger partial charge in [-0.15, -0.1) is 0 Å². The van der Waals surface area contributed by atoms with Gasteiger partial charge < -0.3 is 10.1 Å². The molecule has 1 N–H and O–H groups in total. The van der Waals surface area contributed by atoms with E-state index in [-0.39, 0.29) is 17.8 Å². The first-order chi connectivity index (χ1) is 12.5. The highest BCUT2D eigenvalue weighted by Crippen LogP contribution is 2.31. The third kappa shape index (κ3) is 3.31. The first-order valence-electron chi connectivity index (χ1n) is 8.41. The maximum Gasteiger partial charge on any atom is 0.278 e. The standard InChI is InChI=1S/C20H19FN2O3/c1-3-23-19(24)17(13-8-10-14(21)11-9-13)18(20(23)25)22-15-6-5-7-16(12-15)26-4-2/h5-12,22H,3-4H2,1-2H3. The number of carbonyl (C=O) groups is 2. The minimum Gasteiger partial charge on any atom is -0.494 e. The van der Waals surface area contributed by atoms with Crippen LogP contribution in [-0.2, 0) is 9.59 Å². The lowest BCUT2D eigenvalue weighted by molar-refractivity contribution is -0.136. The van der Waals surface area contributed by atoms with Gasteiger partial charge in [0.05, 0.1) is 12.2 Å². The van der Waals surface area contributed by atoms with Gasteiger partial charge in [-0.1, -0.05) is 18.2 Å². The predicted octanol–water partition coefficient (Wildman–Crippen LogP) is 3.44. The van der Waals surface area contributed by atoms with Gasteiger partial charge in [0.2, 0.25) is 0 Å². The molecule has 5 nitrogen and oxygen atoms in total. The van der Waals surface area contributed by atoms with E-state index < -0.39 is 17.6 Å². The number of anilines is 1. The van der Waals surface area contributed by atoms with Crippen LogP contribution >= 0.6 is 0 Å². The summed E-state index contributed by atoms with van der Waals surface area (Å²) in [7, 11) is 0. The van der Waals surface area contributed by atoms with Crippen LogP contribution < -0.4 is 10.1 Å². The molecule has 2 amide bonds. The van der Waals surface area contributed by atoms with Gasteiger partial charge in [-0.3, -0.25) is 14.5 Å². The Kier molecular flexibility index (Phi) is 5.02. The number of amides is 2. The molecule has 0 saturated carbocycles. The molecule has 1 heterocycles. The lowest BCUT2D eigenvalue weighted by Crippen LogP contribution is -2.32. The number of likely N-dealkylation sites (N-methyl/N-ethyl adjacent to an activating group) is 1. The Labute approximate surface area is 151 Å². The molecule has 0 fully saturated rings. The Morgan fingerprint density at radius 2 is 1.77 bits per heavy atom. The summed E-state index contributed by atoms with van der Waals surface area (Å²) in [4.78, 5) is 26.5. The Bertz CT molecular complexity index is 875. The molecule has 0 aliphatic carbocycles. The minimum atomic E-state index is -0.405. The number of nitrogens with one attached hydrogen (secondary N) is 1. The quantitative estimate of drug-likeness (QED) is 0.808. The van der Waals surface area contributed by atoms with Crippen molar-refractivity contribution in [3.63, 3.8) is 0 Å². The molecule has 6 heteroatoms. The Morgan fingerprint density at radius 3 is 2.42 bits per heavy atom. The Hall–Kier alpha value is -3.15. The fourth-order valence-electron chi connectivity index (χ4n) is 2.84. The molecule has 2 aromatic rings. The van der Waals surface area contributed by atoms with E-state index >= 15 is 0 Å². The maximum atomic E-state index is 13.2. The molecular formula is C20H19FN2O3. The van der Waals surface area contributed by atoms with E-state index in [1.165, 1.54) is 24.3 Å². The Balaban J connectivity index is 2.03. The van der Waals surface area contributed by atoms with Gasteiger partial charge in [-0.2, -0.15) is 0 Å². The lowest BCUT2D eigenvalue weighted by atomic mass is 10.0. The zero-order valence-electron chi connectivity index (χ0n) is 14.6. The monoisotopic (exact) mass is 354 g/mol. The second-order valence-electron chi connectivity index (χ2n) is 5.70. The van der Waals surface area contributed by atoms with Crippen LogP contribution in [0, 0.1) is 5.82 Å². The summed E-state index contributed by atoms with van der Waals surface area (Å²) in [6.45, 7) is 4.39. The molecule has 0 radical (unpaired) electrons. The van der Waals surface area contributed by atoms with Gasteiger partial charge in [-0.05, 0) is 43.7 Å². The number of benzene rings is 2. The van der Waals surface area contributed by atoms with Gasteiger partial charge in [0.25, 0.3) is 11.8 Å². The van der Waals surface area contributed by atoms with Crippen molar-refractivity contribution in [3.8, 4) is 5.75 Å². The minimum absolute atomic E-state index is 0.178. The van der Waals surface area contributed by atoms with Crippen molar-refractivity contribution in [2.24, 2.45) is 0 Å². The largest absolute Gasteiger partial charge is 0.494 e. The molecule has 0 aromatic heterocycles. The SMILES string of the molecule is CCOc1cccc(NC2=C(c3ccc(F)cc3)C(=O)N(CC)C2=O)c1. The topological polar surface area (TPSA) is 58.6 Å². The summed E-state index contributed by atoms with van der Waals surface area (Å²) < 4.78 is 18.7. The number of rotatable bonds is 6. The van der Waals surface area contributed by atoms with Crippen LogP contribution in [0.25, 0.3) is 5.57 Å². The molecule has 3 rings (SSSR count). The van der Waals surface area contributed by atoms with Crippen LogP contribution in [0.5, 0.6) is 5.75 Å².